The van der Waals surface area contributed by atoms with Gasteiger partial charge in [0.2, 0.25) is 0 Å². The Bertz CT molecular complexity index is 1110. The van der Waals surface area contributed by atoms with Crippen LogP contribution in [0.3, 0.4) is 0 Å². The molecule has 4 rings (SSSR count). The molecule has 0 radical (unpaired) electrons. The number of amides is 1. The number of carbonyl (C=O) groups is 1. The first kappa shape index (κ1) is 21.2. The third-order valence-electron chi connectivity index (χ3n) is 5.47. The Morgan fingerprint density at radius 1 is 1.32 bits per heavy atom. The summed E-state index contributed by atoms with van der Waals surface area (Å²) >= 11 is 5.89. The number of anilines is 1. The Kier molecular flexibility index (Phi) is 5.42. The number of alkyl halides is 3. The van der Waals surface area contributed by atoms with Gasteiger partial charge in [-0.05, 0) is 24.6 Å². The van der Waals surface area contributed by atoms with Gasteiger partial charge in [-0.1, -0.05) is 23.7 Å². The minimum absolute atomic E-state index is 0.0879. The van der Waals surface area contributed by atoms with Crippen LogP contribution in [-0.4, -0.2) is 31.6 Å². The molecule has 1 amide bonds. The van der Waals surface area contributed by atoms with Gasteiger partial charge in [-0.25, -0.2) is 4.68 Å². The Morgan fingerprint density at radius 2 is 2.03 bits per heavy atom. The lowest BCUT2D eigenvalue weighted by Crippen LogP contribution is -2.35. The van der Waals surface area contributed by atoms with Gasteiger partial charge in [-0.15, -0.1) is 0 Å². The fourth-order valence-electron chi connectivity index (χ4n) is 3.58. The summed E-state index contributed by atoms with van der Waals surface area (Å²) in [7, 11) is 1.78. The number of hydrogen-bond acceptors (Lipinski definition) is 4. The van der Waals surface area contributed by atoms with Gasteiger partial charge < -0.3 is 10.6 Å². The quantitative estimate of drug-likeness (QED) is 0.623. The third kappa shape index (κ3) is 4.25. The normalized spacial score (nSPS) is 18.4. The first-order chi connectivity index (χ1) is 14.6. The second kappa shape index (κ2) is 7.92. The largest absolute Gasteiger partial charge is 0.410 e. The average molecular weight is 453 g/mol. The zero-order valence-electron chi connectivity index (χ0n) is 16.7. The Hall–Kier alpha value is -3.01. The van der Waals surface area contributed by atoms with Gasteiger partial charge in [-0.2, -0.15) is 23.4 Å². The van der Waals surface area contributed by atoms with Crippen molar-refractivity contribution in [3.8, 4) is 0 Å². The number of halogens is 4. The standard InChI is InChI=1S/C20H20ClF3N6O/c1-11-13(10-26-29(11)2)9-25-19(31)16-8-18-27-15(12-3-5-14(21)6-4-12)7-17(20(22,23)24)30(18)28-16/h3-6,8,10,15,17,27H,7,9H2,1-2H3,(H,25,31). The van der Waals surface area contributed by atoms with E-state index in [1.54, 1.807) is 42.2 Å². The average Bonchev–Trinajstić information content (AvgIpc) is 3.29. The molecule has 2 atom stereocenters. The first-order valence-corrected chi connectivity index (χ1v) is 9.95. The van der Waals surface area contributed by atoms with Gasteiger partial charge in [0.05, 0.1) is 12.2 Å². The van der Waals surface area contributed by atoms with Gasteiger partial charge in [0.15, 0.2) is 11.7 Å². The molecule has 0 aliphatic carbocycles. The summed E-state index contributed by atoms with van der Waals surface area (Å²) in [5.74, 6) is -0.424. The molecule has 3 heterocycles. The van der Waals surface area contributed by atoms with Crippen molar-refractivity contribution in [1.29, 1.82) is 0 Å². The molecule has 1 aliphatic heterocycles. The lowest BCUT2D eigenvalue weighted by atomic mass is 9.97. The molecule has 0 bridgehead atoms. The van der Waals surface area contributed by atoms with Crippen molar-refractivity contribution in [1.82, 2.24) is 24.9 Å². The lowest BCUT2D eigenvalue weighted by molar-refractivity contribution is -0.173. The highest BCUT2D eigenvalue weighted by Crippen LogP contribution is 2.43. The summed E-state index contributed by atoms with van der Waals surface area (Å²) in [4.78, 5) is 12.6. The third-order valence-corrected chi connectivity index (χ3v) is 5.72. The maximum absolute atomic E-state index is 13.8. The van der Waals surface area contributed by atoms with Crippen molar-refractivity contribution in [2.24, 2.45) is 7.05 Å². The van der Waals surface area contributed by atoms with Crippen molar-refractivity contribution in [3.63, 3.8) is 0 Å². The number of nitrogens with zero attached hydrogens (tertiary/aromatic N) is 4. The minimum Gasteiger partial charge on any atom is -0.363 e. The van der Waals surface area contributed by atoms with E-state index in [1.807, 2.05) is 6.92 Å². The van der Waals surface area contributed by atoms with Gasteiger partial charge in [0.1, 0.15) is 5.82 Å². The van der Waals surface area contributed by atoms with Crippen LogP contribution in [0.4, 0.5) is 19.0 Å². The van der Waals surface area contributed by atoms with Crippen molar-refractivity contribution >= 4 is 23.3 Å². The SMILES string of the molecule is Cc1c(CNC(=O)c2cc3n(n2)C(C(F)(F)F)CC(c2ccc(Cl)cc2)N3)cnn1C. The molecular weight excluding hydrogens is 433 g/mol. The maximum Gasteiger partial charge on any atom is 0.410 e. The molecule has 1 aromatic carbocycles. The number of carbonyl (C=O) groups excluding carboxylic acids is 1. The number of aryl methyl sites for hydroxylation is 1. The van der Waals surface area contributed by atoms with Crippen LogP contribution in [0.15, 0.2) is 36.5 Å². The van der Waals surface area contributed by atoms with E-state index in [4.69, 9.17) is 11.6 Å². The van der Waals surface area contributed by atoms with E-state index in [9.17, 15) is 18.0 Å². The summed E-state index contributed by atoms with van der Waals surface area (Å²) in [6, 6.07) is 5.52. The van der Waals surface area contributed by atoms with E-state index >= 15 is 0 Å². The van der Waals surface area contributed by atoms with Gasteiger partial charge >= 0.3 is 6.18 Å². The van der Waals surface area contributed by atoms with Gasteiger partial charge in [0.25, 0.3) is 5.91 Å². The molecule has 0 saturated heterocycles. The topological polar surface area (TPSA) is 76.8 Å². The smallest absolute Gasteiger partial charge is 0.363 e. The molecule has 0 saturated carbocycles. The minimum atomic E-state index is -4.52. The summed E-state index contributed by atoms with van der Waals surface area (Å²) < 4.78 is 43.9. The number of aromatic nitrogens is 4. The van der Waals surface area contributed by atoms with Crippen LogP contribution in [0.25, 0.3) is 0 Å². The first-order valence-electron chi connectivity index (χ1n) is 9.57. The fourth-order valence-corrected chi connectivity index (χ4v) is 3.71. The van der Waals surface area contributed by atoms with Crippen LogP contribution in [0.5, 0.6) is 0 Å². The van der Waals surface area contributed by atoms with Crippen LogP contribution in [0, 0.1) is 6.92 Å². The molecule has 3 aromatic rings. The molecule has 0 fully saturated rings. The molecule has 164 valence electrons. The van der Waals surface area contributed by atoms with Gasteiger partial charge in [0, 0.05) is 42.4 Å². The number of fused-ring (bicyclic) bond motifs is 1. The fraction of sp³-hybridized carbons (Fsp3) is 0.350. The molecule has 2 aromatic heterocycles. The van der Waals surface area contributed by atoms with Crippen LogP contribution in [-0.2, 0) is 13.6 Å². The highest BCUT2D eigenvalue weighted by Gasteiger charge is 2.46. The zero-order chi connectivity index (χ0) is 22.3. The van der Waals surface area contributed by atoms with Gasteiger partial charge in [-0.3, -0.25) is 9.48 Å². The molecule has 7 nitrogen and oxygen atoms in total. The monoisotopic (exact) mass is 452 g/mol. The summed E-state index contributed by atoms with van der Waals surface area (Å²) in [5.41, 5.74) is 2.28. The molecule has 11 heteroatoms. The highest BCUT2D eigenvalue weighted by atomic mass is 35.5. The summed E-state index contributed by atoms with van der Waals surface area (Å²) in [6.07, 6.45) is -3.14. The maximum atomic E-state index is 13.8. The molecule has 0 spiro atoms. The van der Waals surface area contributed by atoms with Crippen LogP contribution < -0.4 is 10.6 Å². The zero-order valence-corrected chi connectivity index (χ0v) is 17.5. The predicted octanol–water partition coefficient (Wildman–Crippen LogP) is 4.17. The highest BCUT2D eigenvalue weighted by molar-refractivity contribution is 6.30. The van der Waals surface area contributed by atoms with E-state index in [-0.39, 0.29) is 24.5 Å². The van der Waals surface area contributed by atoms with E-state index in [0.29, 0.717) is 10.6 Å². The van der Waals surface area contributed by atoms with Crippen molar-refractivity contribution in [2.45, 2.75) is 38.1 Å². The van der Waals surface area contributed by atoms with Crippen LogP contribution >= 0.6 is 11.6 Å². The van der Waals surface area contributed by atoms with Crippen molar-refractivity contribution in [2.75, 3.05) is 5.32 Å². The van der Waals surface area contributed by atoms with Crippen molar-refractivity contribution in [3.05, 3.63) is 64.1 Å². The molecule has 1 aliphatic rings. The Balaban J connectivity index is 1.58. The molecule has 2 unspecified atom stereocenters. The van der Waals surface area contributed by atoms with Crippen LogP contribution in [0.1, 0.15) is 45.8 Å². The predicted molar refractivity (Wildman–Crippen MR) is 109 cm³/mol. The number of hydrogen-bond donors (Lipinski definition) is 2. The number of benzene rings is 1. The second-order valence-electron chi connectivity index (χ2n) is 7.46. The second-order valence-corrected chi connectivity index (χ2v) is 7.90. The molecular formula is C20H20ClF3N6O. The Morgan fingerprint density at radius 3 is 2.65 bits per heavy atom. The molecule has 31 heavy (non-hydrogen) atoms. The van der Waals surface area contributed by atoms with E-state index in [0.717, 1.165) is 15.9 Å². The molecule has 2 N–H and O–H groups in total. The lowest BCUT2D eigenvalue weighted by Gasteiger charge is -2.33. The van der Waals surface area contributed by atoms with E-state index < -0.39 is 24.2 Å². The Labute approximate surface area is 181 Å². The van der Waals surface area contributed by atoms with Crippen LogP contribution in [0.2, 0.25) is 5.02 Å². The summed E-state index contributed by atoms with van der Waals surface area (Å²) in [6.45, 7) is 2.06. The van der Waals surface area contributed by atoms with Crippen molar-refractivity contribution < 1.29 is 18.0 Å². The number of rotatable bonds is 4. The van der Waals surface area contributed by atoms with E-state index in [2.05, 4.69) is 20.8 Å². The van der Waals surface area contributed by atoms with E-state index in [1.165, 1.54) is 6.07 Å². The summed E-state index contributed by atoms with van der Waals surface area (Å²) in [5, 5.41) is 14.3. The number of nitrogens with one attached hydrogen (secondary N) is 2.